The molecule has 0 spiro atoms. The fourth-order valence-electron chi connectivity index (χ4n) is 2.79. The highest BCUT2D eigenvalue weighted by Crippen LogP contribution is 2.40. The van der Waals surface area contributed by atoms with Gasteiger partial charge in [0.05, 0.1) is 21.6 Å². The number of nitrogens with zero attached hydrogens (tertiary/aromatic N) is 2. The van der Waals surface area contributed by atoms with Crippen LogP contribution >= 0.6 is 11.3 Å². The molecule has 5 nitrogen and oxygen atoms in total. The molecule has 0 radical (unpaired) electrons. The van der Waals surface area contributed by atoms with E-state index in [0.29, 0.717) is 22.6 Å². The molecule has 4 rings (SSSR count). The molecular weight excluding hydrogens is 320 g/mol. The number of aromatic nitrogens is 2. The standard InChI is InChI=1S/C18H18N4OS/c1-9-5-3-4-6-12(9)15-13-14(19)16(10(2)23)24-17(13)22-18(21-15)20-11-7-8-11/h3-6,11H,7-8,19H2,1-2H3,(H,20,21,22). The van der Waals surface area contributed by atoms with Crippen molar-refractivity contribution >= 4 is 39.0 Å². The molecule has 1 aliphatic rings. The maximum absolute atomic E-state index is 11.9. The number of fused-ring (bicyclic) bond motifs is 1. The lowest BCUT2D eigenvalue weighted by Gasteiger charge is -2.10. The van der Waals surface area contributed by atoms with Crippen molar-refractivity contribution in [3.63, 3.8) is 0 Å². The van der Waals surface area contributed by atoms with Crippen molar-refractivity contribution in [1.82, 2.24) is 9.97 Å². The summed E-state index contributed by atoms with van der Waals surface area (Å²) in [6.07, 6.45) is 2.29. The summed E-state index contributed by atoms with van der Waals surface area (Å²) in [7, 11) is 0. The first kappa shape index (κ1) is 15.1. The molecular formula is C18H18N4OS. The Morgan fingerprint density at radius 2 is 2.04 bits per heavy atom. The van der Waals surface area contributed by atoms with E-state index in [-0.39, 0.29) is 5.78 Å². The van der Waals surface area contributed by atoms with E-state index in [9.17, 15) is 4.79 Å². The Morgan fingerprint density at radius 3 is 2.71 bits per heavy atom. The Balaban J connectivity index is 2.00. The van der Waals surface area contributed by atoms with Gasteiger partial charge >= 0.3 is 0 Å². The fraction of sp³-hybridized carbons (Fsp3) is 0.278. The number of carbonyl (C=O) groups excluding carboxylic acids is 1. The summed E-state index contributed by atoms with van der Waals surface area (Å²) in [4.78, 5) is 22.5. The van der Waals surface area contributed by atoms with E-state index in [4.69, 9.17) is 10.7 Å². The Morgan fingerprint density at radius 1 is 1.29 bits per heavy atom. The van der Waals surface area contributed by atoms with Gasteiger partial charge in [-0.3, -0.25) is 4.79 Å². The summed E-state index contributed by atoms with van der Waals surface area (Å²) in [6.45, 7) is 3.58. The third kappa shape index (κ3) is 2.53. The van der Waals surface area contributed by atoms with E-state index in [2.05, 4.69) is 10.3 Å². The Hall–Kier alpha value is -2.47. The lowest BCUT2D eigenvalue weighted by Crippen LogP contribution is -2.06. The number of ketones is 1. The Kier molecular flexibility index (Phi) is 3.49. The molecule has 0 amide bonds. The van der Waals surface area contributed by atoms with Gasteiger partial charge in [0.1, 0.15) is 4.83 Å². The van der Waals surface area contributed by atoms with Crippen LogP contribution in [-0.4, -0.2) is 21.8 Å². The summed E-state index contributed by atoms with van der Waals surface area (Å²) in [5, 5.41) is 4.13. The van der Waals surface area contributed by atoms with Crippen LogP contribution in [0.1, 0.15) is 35.0 Å². The molecule has 0 aliphatic heterocycles. The number of nitrogens with two attached hydrogens (primary N) is 1. The normalized spacial score (nSPS) is 14.1. The predicted octanol–water partition coefficient (Wildman–Crippen LogP) is 4.03. The van der Waals surface area contributed by atoms with Gasteiger partial charge in [0.2, 0.25) is 5.95 Å². The number of nitrogen functional groups attached to an aromatic ring is 1. The molecule has 0 unspecified atom stereocenters. The number of thiophene rings is 1. The average molecular weight is 338 g/mol. The number of hydrogen-bond donors (Lipinski definition) is 2. The van der Waals surface area contributed by atoms with Gasteiger partial charge in [0, 0.05) is 18.5 Å². The van der Waals surface area contributed by atoms with Crippen molar-refractivity contribution in [3.8, 4) is 11.3 Å². The number of nitrogens with one attached hydrogen (secondary N) is 1. The molecule has 2 aromatic heterocycles. The molecule has 6 heteroatoms. The highest BCUT2D eigenvalue weighted by molar-refractivity contribution is 7.21. The van der Waals surface area contributed by atoms with Crippen LogP contribution < -0.4 is 11.1 Å². The van der Waals surface area contributed by atoms with Gasteiger partial charge in [-0.15, -0.1) is 11.3 Å². The third-order valence-corrected chi connectivity index (χ3v) is 5.42. The van der Waals surface area contributed by atoms with Crippen LogP contribution in [0.3, 0.4) is 0 Å². The largest absolute Gasteiger partial charge is 0.397 e. The van der Waals surface area contributed by atoms with Crippen molar-refractivity contribution in [3.05, 3.63) is 34.7 Å². The van der Waals surface area contributed by atoms with E-state index in [1.54, 1.807) is 0 Å². The minimum atomic E-state index is -0.0389. The van der Waals surface area contributed by atoms with Crippen LogP contribution in [0.2, 0.25) is 0 Å². The summed E-state index contributed by atoms with van der Waals surface area (Å²) in [6, 6.07) is 8.52. The van der Waals surface area contributed by atoms with Gasteiger partial charge in [0.15, 0.2) is 5.78 Å². The summed E-state index contributed by atoms with van der Waals surface area (Å²) < 4.78 is 0. The van der Waals surface area contributed by atoms with Crippen LogP contribution in [0.15, 0.2) is 24.3 Å². The number of carbonyl (C=O) groups is 1. The van der Waals surface area contributed by atoms with Gasteiger partial charge < -0.3 is 11.1 Å². The van der Waals surface area contributed by atoms with E-state index in [1.807, 2.05) is 31.2 Å². The van der Waals surface area contributed by atoms with Crippen LogP contribution in [0.25, 0.3) is 21.5 Å². The van der Waals surface area contributed by atoms with E-state index in [1.165, 1.54) is 18.3 Å². The van der Waals surface area contributed by atoms with E-state index >= 15 is 0 Å². The molecule has 3 N–H and O–H groups in total. The van der Waals surface area contributed by atoms with Gasteiger partial charge in [-0.2, -0.15) is 0 Å². The van der Waals surface area contributed by atoms with Crippen LogP contribution in [0, 0.1) is 6.92 Å². The van der Waals surface area contributed by atoms with Gasteiger partial charge in [-0.1, -0.05) is 24.3 Å². The molecule has 3 aromatic rings. The minimum absolute atomic E-state index is 0.0389. The fourth-order valence-corrected chi connectivity index (χ4v) is 3.78. The maximum atomic E-state index is 11.9. The molecule has 0 atom stereocenters. The van der Waals surface area contributed by atoms with Crippen molar-refractivity contribution in [2.45, 2.75) is 32.7 Å². The zero-order chi connectivity index (χ0) is 16.8. The summed E-state index contributed by atoms with van der Waals surface area (Å²) in [5.74, 6) is 0.572. The number of anilines is 2. The van der Waals surface area contributed by atoms with Gasteiger partial charge in [0.25, 0.3) is 0 Å². The molecule has 2 heterocycles. The lowest BCUT2D eigenvalue weighted by molar-refractivity contribution is 0.102. The quantitative estimate of drug-likeness (QED) is 0.702. The summed E-state index contributed by atoms with van der Waals surface area (Å²) in [5.41, 5.74) is 9.69. The Labute approximate surface area is 143 Å². The molecule has 0 bridgehead atoms. The van der Waals surface area contributed by atoms with E-state index in [0.717, 1.165) is 39.9 Å². The van der Waals surface area contributed by atoms with Crippen LogP contribution in [0.5, 0.6) is 0 Å². The van der Waals surface area contributed by atoms with Crippen molar-refractivity contribution in [2.24, 2.45) is 0 Å². The van der Waals surface area contributed by atoms with Crippen molar-refractivity contribution in [1.29, 1.82) is 0 Å². The highest BCUT2D eigenvalue weighted by atomic mass is 32.1. The molecule has 24 heavy (non-hydrogen) atoms. The number of aryl methyl sites for hydroxylation is 1. The SMILES string of the molecule is CC(=O)c1sc2nc(NC3CC3)nc(-c3ccccc3C)c2c1N. The zero-order valence-corrected chi connectivity index (χ0v) is 14.4. The second-order valence-corrected chi connectivity index (χ2v) is 7.21. The molecule has 1 saturated carbocycles. The first-order chi connectivity index (χ1) is 11.5. The first-order valence-electron chi connectivity index (χ1n) is 7.98. The molecule has 0 saturated heterocycles. The minimum Gasteiger partial charge on any atom is -0.397 e. The van der Waals surface area contributed by atoms with Crippen LogP contribution in [0.4, 0.5) is 11.6 Å². The number of hydrogen-bond acceptors (Lipinski definition) is 6. The number of rotatable bonds is 4. The topological polar surface area (TPSA) is 80.9 Å². The zero-order valence-electron chi connectivity index (χ0n) is 13.6. The smallest absolute Gasteiger partial charge is 0.224 e. The lowest BCUT2D eigenvalue weighted by atomic mass is 10.0. The third-order valence-electron chi connectivity index (χ3n) is 4.22. The second-order valence-electron chi connectivity index (χ2n) is 6.21. The number of benzene rings is 1. The van der Waals surface area contributed by atoms with Crippen molar-refractivity contribution in [2.75, 3.05) is 11.1 Å². The molecule has 1 fully saturated rings. The maximum Gasteiger partial charge on any atom is 0.224 e. The van der Waals surface area contributed by atoms with Crippen molar-refractivity contribution < 1.29 is 4.79 Å². The number of Topliss-reactive ketones (excluding diaryl/α,β-unsaturated/α-hetero) is 1. The van der Waals surface area contributed by atoms with Crippen LogP contribution in [-0.2, 0) is 0 Å². The second kappa shape index (κ2) is 5.56. The van der Waals surface area contributed by atoms with Gasteiger partial charge in [-0.05, 0) is 25.3 Å². The van der Waals surface area contributed by atoms with Gasteiger partial charge in [-0.25, -0.2) is 9.97 Å². The average Bonchev–Trinajstić information content (AvgIpc) is 3.29. The first-order valence-corrected chi connectivity index (χ1v) is 8.79. The van der Waals surface area contributed by atoms with E-state index < -0.39 is 0 Å². The monoisotopic (exact) mass is 338 g/mol. The highest BCUT2D eigenvalue weighted by Gasteiger charge is 2.25. The Bertz CT molecular complexity index is 959. The summed E-state index contributed by atoms with van der Waals surface area (Å²) >= 11 is 1.34. The molecule has 1 aromatic carbocycles. The molecule has 1 aliphatic carbocycles. The predicted molar refractivity (Wildman–Crippen MR) is 98.6 cm³/mol. The molecule has 122 valence electrons.